The highest BCUT2D eigenvalue weighted by Gasteiger charge is 2.18. The first kappa shape index (κ1) is 18.5. The average Bonchev–Trinajstić information content (AvgIpc) is 3.19. The minimum absolute atomic E-state index is 0.0741. The van der Waals surface area contributed by atoms with Crippen LogP contribution in [0.4, 0.5) is 5.69 Å². The van der Waals surface area contributed by atoms with Crippen LogP contribution in [-0.4, -0.2) is 35.0 Å². The SMILES string of the molecule is Cc1ccc(NC(=O)Cc2c(C)nn(C)c2C)c(OC[C@H]2CCCO2)c1. The second kappa shape index (κ2) is 7.91. The Morgan fingerprint density at radius 3 is 2.85 bits per heavy atom. The molecule has 1 aromatic carbocycles. The summed E-state index contributed by atoms with van der Waals surface area (Å²) in [6.45, 7) is 7.22. The predicted molar refractivity (Wildman–Crippen MR) is 101 cm³/mol. The van der Waals surface area contributed by atoms with Crippen LogP contribution in [0.2, 0.25) is 0 Å². The van der Waals surface area contributed by atoms with Gasteiger partial charge in [-0.3, -0.25) is 9.48 Å². The molecule has 1 N–H and O–H groups in total. The third kappa shape index (κ3) is 4.25. The standard InChI is InChI=1S/C20H27N3O3/c1-13-7-8-18(19(10-13)26-12-16-6-5-9-25-16)21-20(24)11-17-14(2)22-23(4)15(17)3/h7-8,10,16H,5-6,9,11-12H2,1-4H3,(H,21,24)/t16-/m1/s1. The molecule has 0 saturated carbocycles. The normalized spacial score (nSPS) is 16.7. The lowest BCUT2D eigenvalue weighted by molar-refractivity contribution is -0.115. The Hall–Kier alpha value is -2.34. The monoisotopic (exact) mass is 357 g/mol. The third-order valence-corrected chi connectivity index (χ3v) is 4.86. The second-order valence-electron chi connectivity index (χ2n) is 6.94. The molecule has 1 aliphatic heterocycles. The molecule has 3 rings (SSSR count). The van der Waals surface area contributed by atoms with Crippen molar-refractivity contribution in [3.63, 3.8) is 0 Å². The lowest BCUT2D eigenvalue weighted by Gasteiger charge is -2.16. The fraction of sp³-hybridized carbons (Fsp3) is 0.500. The number of hydrogen-bond acceptors (Lipinski definition) is 4. The van der Waals surface area contributed by atoms with Crippen LogP contribution in [0.1, 0.15) is 35.4 Å². The zero-order valence-corrected chi connectivity index (χ0v) is 16.0. The van der Waals surface area contributed by atoms with E-state index in [2.05, 4.69) is 10.4 Å². The highest BCUT2D eigenvalue weighted by Crippen LogP contribution is 2.27. The van der Waals surface area contributed by atoms with E-state index < -0.39 is 0 Å². The third-order valence-electron chi connectivity index (χ3n) is 4.86. The number of amides is 1. The molecule has 0 unspecified atom stereocenters. The van der Waals surface area contributed by atoms with Gasteiger partial charge in [0.2, 0.25) is 5.91 Å². The van der Waals surface area contributed by atoms with E-state index in [1.165, 1.54) is 0 Å². The quantitative estimate of drug-likeness (QED) is 0.863. The maximum Gasteiger partial charge on any atom is 0.229 e. The molecular formula is C20H27N3O3. The summed E-state index contributed by atoms with van der Waals surface area (Å²) in [4.78, 5) is 12.6. The number of benzene rings is 1. The van der Waals surface area contributed by atoms with E-state index in [-0.39, 0.29) is 12.0 Å². The zero-order valence-electron chi connectivity index (χ0n) is 16.0. The van der Waals surface area contributed by atoms with E-state index in [0.717, 1.165) is 42.0 Å². The lowest BCUT2D eigenvalue weighted by atomic mass is 10.1. The van der Waals surface area contributed by atoms with Gasteiger partial charge in [0.15, 0.2) is 0 Å². The number of anilines is 1. The molecular weight excluding hydrogens is 330 g/mol. The van der Waals surface area contributed by atoms with Gasteiger partial charge in [-0.2, -0.15) is 5.10 Å². The van der Waals surface area contributed by atoms with Crippen LogP contribution in [0, 0.1) is 20.8 Å². The molecule has 0 aliphatic carbocycles. The summed E-state index contributed by atoms with van der Waals surface area (Å²) < 4.78 is 13.4. The lowest BCUT2D eigenvalue weighted by Crippen LogP contribution is -2.19. The Morgan fingerprint density at radius 1 is 1.38 bits per heavy atom. The maximum absolute atomic E-state index is 12.6. The number of carbonyl (C=O) groups excluding carboxylic acids is 1. The average molecular weight is 357 g/mol. The predicted octanol–water partition coefficient (Wildman–Crippen LogP) is 3.08. The van der Waals surface area contributed by atoms with Crippen LogP contribution >= 0.6 is 0 Å². The summed E-state index contributed by atoms with van der Waals surface area (Å²) in [5.74, 6) is 0.614. The molecule has 2 heterocycles. The van der Waals surface area contributed by atoms with E-state index >= 15 is 0 Å². The van der Waals surface area contributed by atoms with Crippen molar-refractivity contribution in [1.29, 1.82) is 0 Å². The molecule has 1 saturated heterocycles. The first-order chi connectivity index (χ1) is 12.4. The Morgan fingerprint density at radius 2 is 2.19 bits per heavy atom. The molecule has 26 heavy (non-hydrogen) atoms. The minimum Gasteiger partial charge on any atom is -0.489 e. The number of hydrogen-bond donors (Lipinski definition) is 1. The maximum atomic E-state index is 12.6. The van der Waals surface area contributed by atoms with Gasteiger partial charge in [-0.1, -0.05) is 6.07 Å². The largest absolute Gasteiger partial charge is 0.489 e. The molecule has 140 valence electrons. The molecule has 6 heteroatoms. The smallest absolute Gasteiger partial charge is 0.229 e. The number of nitrogens with zero attached hydrogens (tertiary/aromatic N) is 2. The molecule has 0 spiro atoms. The fourth-order valence-corrected chi connectivity index (χ4v) is 3.24. The van der Waals surface area contributed by atoms with Gasteiger partial charge in [-0.25, -0.2) is 0 Å². The summed E-state index contributed by atoms with van der Waals surface area (Å²) in [6, 6.07) is 5.81. The minimum atomic E-state index is -0.0741. The Bertz CT molecular complexity index is 792. The van der Waals surface area contributed by atoms with Crippen LogP contribution in [0.25, 0.3) is 0 Å². The molecule has 1 fully saturated rings. The molecule has 2 aromatic rings. The summed E-state index contributed by atoms with van der Waals surface area (Å²) >= 11 is 0. The van der Waals surface area contributed by atoms with E-state index in [1.54, 1.807) is 4.68 Å². The van der Waals surface area contributed by atoms with Gasteiger partial charge < -0.3 is 14.8 Å². The molecule has 1 amide bonds. The van der Waals surface area contributed by atoms with Gasteiger partial charge in [0.05, 0.1) is 23.9 Å². The Kier molecular flexibility index (Phi) is 5.61. The van der Waals surface area contributed by atoms with Crippen molar-refractivity contribution in [3.8, 4) is 5.75 Å². The van der Waals surface area contributed by atoms with Crippen molar-refractivity contribution < 1.29 is 14.3 Å². The molecule has 1 atom stereocenters. The van der Waals surface area contributed by atoms with Gasteiger partial charge >= 0.3 is 0 Å². The first-order valence-electron chi connectivity index (χ1n) is 9.08. The van der Waals surface area contributed by atoms with Crippen LogP contribution in [0.3, 0.4) is 0 Å². The topological polar surface area (TPSA) is 65.4 Å². The van der Waals surface area contributed by atoms with Crippen LogP contribution in [0.15, 0.2) is 18.2 Å². The van der Waals surface area contributed by atoms with Crippen molar-refractivity contribution in [2.24, 2.45) is 7.05 Å². The van der Waals surface area contributed by atoms with E-state index in [9.17, 15) is 4.79 Å². The molecule has 1 aliphatic rings. The van der Waals surface area contributed by atoms with E-state index in [4.69, 9.17) is 9.47 Å². The number of carbonyl (C=O) groups is 1. The fourth-order valence-electron chi connectivity index (χ4n) is 3.24. The van der Waals surface area contributed by atoms with Crippen molar-refractivity contribution in [2.45, 2.75) is 46.1 Å². The first-order valence-corrected chi connectivity index (χ1v) is 9.08. The summed E-state index contributed by atoms with van der Waals surface area (Å²) in [5.41, 5.74) is 4.65. The molecule has 1 aromatic heterocycles. The molecule has 0 bridgehead atoms. The number of rotatable bonds is 6. The van der Waals surface area contributed by atoms with Crippen LogP contribution < -0.4 is 10.1 Å². The summed E-state index contributed by atoms with van der Waals surface area (Å²) in [5, 5.41) is 7.36. The number of nitrogens with one attached hydrogen (secondary N) is 1. The zero-order chi connectivity index (χ0) is 18.7. The number of ether oxygens (including phenoxy) is 2. The van der Waals surface area contributed by atoms with Gasteiger partial charge in [0.25, 0.3) is 0 Å². The van der Waals surface area contributed by atoms with Gasteiger partial charge in [-0.05, 0) is 51.3 Å². The molecule has 6 nitrogen and oxygen atoms in total. The van der Waals surface area contributed by atoms with Crippen LogP contribution in [-0.2, 0) is 23.0 Å². The summed E-state index contributed by atoms with van der Waals surface area (Å²) in [6.07, 6.45) is 2.53. The van der Waals surface area contributed by atoms with Crippen molar-refractivity contribution in [3.05, 3.63) is 40.7 Å². The molecule has 0 radical (unpaired) electrons. The van der Waals surface area contributed by atoms with Crippen molar-refractivity contribution in [1.82, 2.24) is 9.78 Å². The van der Waals surface area contributed by atoms with E-state index in [1.807, 2.05) is 46.0 Å². The van der Waals surface area contributed by atoms with Gasteiger partial charge in [0, 0.05) is 24.9 Å². The van der Waals surface area contributed by atoms with Crippen molar-refractivity contribution >= 4 is 11.6 Å². The van der Waals surface area contributed by atoms with Crippen LogP contribution in [0.5, 0.6) is 5.75 Å². The highest BCUT2D eigenvalue weighted by molar-refractivity contribution is 5.94. The number of aryl methyl sites for hydroxylation is 3. The Balaban J connectivity index is 1.68. The Labute approximate surface area is 154 Å². The second-order valence-corrected chi connectivity index (χ2v) is 6.94. The van der Waals surface area contributed by atoms with E-state index in [0.29, 0.717) is 24.5 Å². The van der Waals surface area contributed by atoms with Gasteiger partial charge in [-0.15, -0.1) is 0 Å². The highest BCUT2D eigenvalue weighted by atomic mass is 16.5. The number of aromatic nitrogens is 2. The summed E-state index contributed by atoms with van der Waals surface area (Å²) in [7, 11) is 1.89. The van der Waals surface area contributed by atoms with Crippen molar-refractivity contribution in [2.75, 3.05) is 18.5 Å². The van der Waals surface area contributed by atoms with Gasteiger partial charge in [0.1, 0.15) is 12.4 Å².